The third-order valence-electron chi connectivity index (χ3n) is 2.98. The Morgan fingerprint density at radius 3 is 2.70 bits per heavy atom. The van der Waals surface area contributed by atoms with Gasteiger partial charge in [-0.1, -0.05) is 0 Å². The first-order valence-electron chi connectivity index (χ1n) is 5.99. The smallest absolute Gasteiger partial charge is 0.254 e. The molecular formula is C13H13N5O2. The Bertz CT molecular complexity index is 769. The van der Waals surface area contributed by atoms with Gasteiger partial charge in [0.15, 0.2) is 0 Å². The quantitative estimate of drug-likeness (QED) is 0.719. The highest BCUT2D eigenvalue weighted by Gasteiger charge is 2.11. The van der Waals surface area contributed by atoms with Gasteiger partial charge in [-0.05, 0) is 13.0 Å². The van der Waals surface area contributed by atoms with E-state index in [9.17, 15) is 0 Å². The first kappa shape index (κ1) is 12.3. The van der Waals surface area contributed by atoms with Crippen LogP contribution in [0.3, 0.4) is 0 Å². The highest BCUT2D eigenvalue weighted by molar-refractivity contribution is 5.68. The van der Waals surface area contributed by atoms with Crippen LogP contribution in [0, 0.1) is 6.92 Å². The van der Waals surface area contributed by atoms with E-state index < -0.39 is 0 Å². The van der Waals surface area contributed by atoms with Gasteiger partial charge < -0.3 is 9.47 Å². The van der Waals surface area contributed by atoms with Crippen LogP contribution in [0.2, 0.25) is 0 Å². The molecule has 7 heteroatoms. The number of rotatable bonds is 3. The second-order valence-corrected chi connectivity index (χ2v) is 4.17. The topological polar surface area (TPSA) is 74.4 Å². The number of pyridine rings is 1. The molecular weight excluding hydrogens is 258 g/mol. The van der Waals surface area contributed by atoms with E-state index in [-0.39, 0.29) is 0 Å². The Balaban J connectivity index is 2.16. The van der Waals surface area contributed by atoms with Crippen LogP contribution in [0.1, 0.15) is 5.82 Å². The molecule has 0 radical (unpaired) electrons. The van der Waals surface area contributed by atoms with Crippen molar-refractivity contribution < 1.29 is 9.47 Å². The van der Waals surface area contributed by atoms with Crippen molar-refractivity contribution in [2.24, 2.45) is 0 Å². The molecule has 0 amide bonds. The minimum absolute atomic E-state index is 0.483. The number of hydrogen-bond donors (Lipinski definition) is 0. The number of hydrogen-bond acceptors (Lipinski definition) is 6. The van der Waals surface area contributed by atoms with E-state index in [1.165, 1.54) is 0 Å². The number of ether oxygens (including phenoxy) is 2. The van der Waals surface area contributed by atoms with E-state index >= 15 is 0 Å². The molecule has 3 aromatic heterocycles. The summed E-state index contributed by atoms with van der Waals surface area (Å²) in [6.07, 6.45) is 3.62. The monoisotopic (exact) mass is 271 g/mol. The zero-order valence-corrected chi connectivity index (χ0v) is 11.4. The Hall–Kier alpha value is -2.70. The summed E-state index contributed by atoms with van der Waals surface area (Å²) in [5.41, 5.74) is 1.70. The third kappa shape index (κ3) is 1.93. The predicted molar refractivity (Wildman–Crippen MR) is 71.9 cm³/mol. The van der Waals surface area contributed by atoms with Crippen molar-refractivity contribution in [2.75, 3.05) is 14.2 Å². The minimum atomic E-state index is 0.483. The van der Waals surface area contributed by atoms with Gasteiger partial charge in [-0.3, -0.25) is 4.40 Å². The van der Waals surface area contributed by atoms with Crippen molar-refractivity contribution in [1.29, 1.82) is 0 Å². The Kier molecular flexibility index (Phi) is 2.94. The molecule has 0 atom stereocenters. The SMILES string of the molecule is COc1ccc(-c2cnc3nnc(C)n3c2)c(OC)n1. The molecule has 0 aliphatic rings. The van der Waals surface area contributed by atoms with Gasteiger partial charge in [0.25, 0.3) is 5.78 Å². The second kappa shape index (κ2) is 4.76. The maximum Gasteiger partial charge on any atom is 0.254 e. The molecule has 0 unspecified atom stereocenters. The van der Waals surface area contributed by atoms with Crippen molar-refractivity contribution in [3.8, 4) is 22.9 Å². The highest BCUT2D eigenvalue weighted by Crippen LogP contribution is 2.29. The maximum atomic E-state index is 5.31. The number of nitrogens with zero attached hydrogens (tertiary/aromatic N) is 5. The van der Waals surface area contributed by atoms with Crippen molar-refractivity contribution in [3.05, 3.63) is 30.4 Å². The molecule has 3 aromatic rings. The van der Waals surface area contributed by atoms with Gasteiger partial charge in [-0.15, -0.1) is 10.2 Å². The van der Waals surface area contributed by atoms with E-state index in [1.54, 1.807) is 26.5 Å². The Morgan fingerprint density at radius 2 is 1.95 bits per heavy atom. The zero-order chi connectivity index (χ0) is 14.1. The van der Waals surface area contributed by atoms with Crippen molar-refractivity contribution >= 4 is 5.78 Å². The number of methoxy groups -OCH3 is 2. The molecule has 0 saturated carbocycles. The summed E-state index contributed by atoms with van der Waals surface area (Å²) in [6.45, 7) is 1.87. The van der Waals surface area contributed by atoms with Crippen molar-refractivity contribution in [2.45, 2.75) is 6.92 Å². The lowest BCUT2D eigenvalue weighted by Crippen LogP contribution is -1.97. The lowest BCUT2D eigenvalue weighted by molar-refractivity contribution is 0.366. The van der Waals surface area contributed by atoms with E-state index in [2.05, 4.69) is 20.2 Å². The Morgan fingerprint density at radius 1 is 1.10 bits per heavy atom. The summed E-state index contributed by atoms with van der Waals surface area (Å²) in [5, 5.41) is 7.94. The average Bonchev–Trinajstić information content (AvgIpc) is 2.87. The third-order valence-corrected chi connectivity index (χ3v) is 2.98. The number of fused-ring (bicyclic) bond motifs is 1. The summed E-state index contributed by atoms with van der Waals surface area (Å²) in [5.74, 6) is 2.32. The second-order valence-electron chi connectivity index (χ2n) is 4.17. The molecule has 102 valence electrons. The minimum Gasteiger partial charge on any atom is -0.481 e. The summed E-state index contributed by atoms with van der Waals surface area (Å²) in [6, 6.07) is 3.66. The van der Waals surface area contributed by atoms with E-state index in [0.717, 1.165) is 17.0 Å². The standard InChI is InChI=1S/C13H13N5O2/c1-8-16-17-13-14-6-9(7-18(8)13)10-4-5-11(19-2)15-12(10)20-3/h4-7H,1-3H3. The summed E-state index contributed by atoms with van der Waals surface area (Å²) >= 11 is 0. The Labute approximate surface area is 115 Å². The molecule has 3 heterocycles. The van der Waals surface area contributed by atoms with Crippen LogP contribution in [0.4, 0.5) is 0 Å². The fourth-order valence-corrected chi connectivity index (χ4v) is 1.95. The van der Waals surface area contributed by atoms with Gasteiger partial charge >= 0.3 is 0 Å². The van der Waals surface area contributed by atoms with Crippen LogP contribution in [0.15, 0.2) is 24.5 Å². The van der Waals surface area contributed by atoms with Crippen LogP contribution in [-0.4, -0.2) is 38.8 Å². The fourth-order valence-electron chi connectivity index (χ4n) is 1.95. The molecule has 0 aliphatic carbocycles. The molecule has 0 N–H and O–H groups in total. The molecule has 0 aliphatic heterocycles. The van der Waals surface area contributed by atoms with Gasteiger partial charge in [-0.25, -0.2) is 4.98 Å². The first-order valence-corrected chi connectivity index (χ1v) is 5.99. The number of aromatic nitrogens is 5. The maximum absolute atomic E-state index is 5.31. The highest BCUT2D eigenvalue weighted by atomic mass is 16.5. The van der Waals surface area contributed by atoms with E-state index in [0.29, 0.717) is 17.5 Å². The lowest BCUT2D eigenvalue weighted by atomic mass is 10.1. The predicted octanol–water partition coefficient (Wildman–Crippen LogP) is 1.51. The normalized spacial score (nSPS) is 10.8. The van der Waals surface area contributed by atoms with Crippen LogP contribution < -0.4 is 9.47 Å². The molecule has 0 spiro atoms. The van der Waals surface area contributed by atoms with Gasteiger partial charge in [0.2, 0.25) is 11.8 Å². The number of aryl methyl sites for hydroxylation is 1. The molecule has 0 saturated heterocycles. The lowest BCUT2D eigenvalue weighted by Gasteiger charge is -2.09. The van der Waals surface area contributed by atoms with Crippen molar-refractivity contribution in [1.82, 2.24) is 24.6 Å². The first-order chi connectivity index (χ1) is 9.72. The molecule has 20 heavy (non-hydrogen) atoms. The average molecular weight is 271 g/mol. The summed E-state index contributed by atoms with van der Waals surface area (Å²) in [4.78, 5) is 8.53. The van der Waals surface area contributed by atoms with Crippen LogP contribution >= 0.6 is 0 Å². The van der Waals surface area contributed by atoms with Gasteiger partial charge in [-0.2, -0.15) is 4.98 Å². The molecule has 3 rings (SSSR count). The van der Waals surface area contributed by atoms with Crippen molar-refractivity contribution in [3.63, 3.8) is 0 Å². The van der Waals surface area contributed by atoms with Gasteiger partial charge in [0.1, 0.15) is 5.82 Å². The zero-order valence-electron chi connectivity index (χ0n) is 11.4. The van der Waals surface area contributed by atoms with Crippen LogP contribution in [-0.2, 0) is 0 Å². The van der Waals surface area contributed by atoms with Gasteiger partial charge in [0, 0.05) is 29.6 Å². The van der Waals surface area contributed by atoms with Gasteiger partial charge in [0.05, 0.1) is 14.2 Å². The van der Waals surface area contributed by atoms with Crippen LogP contribution in [0.25, 0.3) is 16.9 Å². The van der Waals surface area contributed by atoms with Crippen LogP contribution in [0.5, 0.6) is 11.8 Å². The molecule has 0 aromatic carbocycles. The summed E-state index contributed by atoms with van der Waals surface area (Å²) in [7, 11) is 3.14. The van der Waals surface area contributed by atoms with E-state index in [1.807, 2.05) is 23.6 Å². The molecule has 0 bridgehead atoms. The summed E-state index contributed by atoms with van der Waals surface area (Å²) < 4.78 is 12.2. The van der Waals surface area contributed by atoms with E-state index in [4.69, 9.17) is 9.47 Å². The molecule has 7 nitrogen and oxygen atoms in total. The fraction of sp³-hybridized carbons (Fsp3) is 0.231. The molecule has 0 fully saturated rings. The largest absolute Gasteiger partial charge is 0.481 e.